The molecule has 2 amide bonds. The molecule has 1 fully saturated rings. The van der Waals surface area contributed by atoms with Crippen LogP contribution in [0.15, 0.2) is 54.6 Å². The first-order chi connectivity index (χ1) is 14.1. The largest absolute Gasteiger partial charge is 0.497 e. The Morgan fingerprint density at radius 2 is 1.79 bits per heavy atom. The van der Waals surface area contributed by atoms with Gasteiger partial charge in [0.05, 0.1) is 13.2 Å². The van der Waals surface area contributed by atoms with E-state index in [0.29, 0.717) is 6.54 Å². The van der Waals surface area contributed by atoms with Crippen molar-refractivity contribution in [3.05, 3.63) is 65.7 Å². The van der Waals surface area contributed by atoms with Crippen molar-refractivity contribution in [2.45, 2.75) is 12.6 Å². The Balaban J connectivity index is 1.49. The highest BCUT2D eigenvalue weighted by Crippen LogP contribution is 2.22. The van der Waals surface area contributed by atoms with Crippen molar-refractivity contribution in [2.24, 2.45) is 0 Å². The highest BCUT2D eigenvalue weighted by molar-refractivity contribution is 5.74. The van der Waals surface area contributed by atoms with Crippen LogP contribution < -0.4 is 10.1 Å². The van der Waals surface area contributed by atoms with Gasteiger partial charge in [0.25, 0.3) is 0 Å². The number of piperazine rings is 1. The summed E-state index contributed by atoms with van der Waals surface area (Å²) in [6.07, 6.45) is 0. The standard InChI is InChI=1S/C23H32N4O2/c1-25(2)22(20-10-7-11-21(16-20)29-3)17-24-23(28)27-14-12-26(13-15-27)18-19-8-5-4-6-9-19/h4-11,16,22H,12-15,17-18H2,1-3H3,(H,24,28). The summed E-state index contributed by atoms with van der Waals surface area (Å²) in [5.41, 5.74) is 2.44. The molecule has 156 valence electrons. The highest BCUT2D eigenvalue weighted by Gasteiger charge is 2.22. The summed E-state index contributed by atoms with van der Waals surface area (Å²) >= 11 is 0. The smallest absolute Gasteiger partial charge is 0.317 e. The first-order valence-electron chi connectivity index (χ1n) is 10.2. The minimum atomic E-state index is 0.0131. The van der Waals surface area contributed by atoms with E-state index in [4.69, 9.17) is 4.74 Å². The minimum Gasteiger partial charge on any atom is -0.497 e. The number of rotatable bonds is 7. The molecule has 3 rings (SSSR count). The summed E-state index contributed by atoms with van der Waals surface area (Å²) < 4.78 is 5.34. The number of amides is 2. The van der Waals surface area contributed by atoms with Crippen molar-refractivity contribution in [3.63, 3.8) is 0 Å². The average molecular weight is 397 g/mol. The second kappa shape index (κ2) is 10.3. The fourth-order valence-corrected chi connectivity index (χ4v) is 3.69. The number of methoxy groups -OCH3 is 1. The van der Waals surface area contributed by atoms with Crippen LogP contribution in [-0.4, -0.2) is 74.7 Å². The fraction of sp³-hybridized carbons (Fsp3) is 0.435. The third kappa shape index (κ3) is 5.95. The average Bonchev–Trinajstić information content (AvgIpc) is 2.75. The Kier molecular flexibility index (Phi) is 7.49. The molecule has 0 aliphatic carbocycles. The van der Waals surface area contributed by atoms with Crippen LogP contribution in [-0.2, 0) is 6.54 Å². The summed E-state index contributed by atoms with van der Waals surface area (Å²) in [5, 5.41) is 3.12. The summed E-state index contributed by atoms with van der Waals surface area (Å²) in [7, 11) is 5.72. The molecule has 6 nitrogen and oxygen atoms in total. The number of hydrogen-bond acceptors (Lipinski definition) is 4. The van der Waals surface area contributed by atoms with Crippen LogP contribution in [0.2, 0.25) is 0 Å². The minimum absolute atomic E-state index is 0.0131. The maximum absolute atomic E-state index is 12.7. The van der Waals surface area contributed by atoms with Gasteiger partial charge in [-0.1, -0.05) is 42.5 Å². The Bertz CT molecular complexity index is 773. The van der Waals surface area contributed by atoms with Crippen molar-refractivity contribution in [3.8, 4) is 5.75 Å². The predicted octanol–water partition coefficient (Wildman–Crippen LogP) is 2.83. The van der Waals surface area contributed by atoms with Gasteiger partial charge >= 0.3 is 6.03 Å². The first-order valence-corrected chi connectivity index (χ1v) is 10.2. The number of hydrogen-bond donors (Lipinski definition) is 1. The summed E-state index contributed by atoms with van der Waals surface area (Å²) in [5.74, 6) is 0.829. The lowest BCUT2D eigenvalue weighted by molar-refractivity contribution is 0.133. The van der Waals surface area contributed by atoms with Gasteiger partial charge in [0.2, 0.25) is 0 Å². The van der Waals surface area contributed by atoms with Crippen LogP contribution in [0.4, 0.5) is 4.79 Å². The van der Waals surface area contributed by atoms with E-state index in [1.165, 1.54) is 5.56 Å². The van der Waals surface area contributed by atoms with Crippen LogP contribution in [0.1, 0.15) is 17.2 Å². The van der Waals surface area contributed by atoms with Crippen molar-refractivity contribution in [2.75, 3.05) is 53.9 Å². The molecule has 1 aliphatic heterocycles. The molecule has 0 saturated carbocycles. The van der Waals surface area contributed by atoms with Gasteiger partial charge in [0.15, 0.2) is 0 Å². The second-order valence-electron chi connectivity index (χ2n) is 7.69. The Hall–Kier alpha value is -2.57. The van der Waals surface area contributed by atoms with Gasteiger partial charge in [-0.2, -0.15) is 0 Å². The monoisotopic (exact) mass is 396 g/mol. The summed E-state index contributed by atoms with van der Waals surface area (Å²) in [4.78, 5) is 19.1. The summed E-state index contributed by atoms with van der Waals surface area (Å²) in [6, 6.07) is 18.6. The van der Waals surface area contributed by atoms with Gasteiger partial charge in [-0.3, -0.25) is 4.90 Å². The second-order valence-corrected chi connectivity index (χ2v) is 7.69. The SMILES string of the molecule is COc1cccc(C(CNC(=O)N2CCN(Cc3ccccc3)CC2)N(C)C)c1. The zero-order valence-corrected chi connectivity index (χ0v) is 17.7. The predicted molar refractivity (Wildman–Crippen MR) is 116 cm³/mol. The van der Waals surface area contributed by atoms with Crippen LogP contribution in [0, 0.1) is 0 Å². The quantitative estimate of drug-likeness (QED) is 0.782. The first kappa shape index (κ1) is 21.1. The molecule has 0 radical (unpaired) electrons. The van der Waals surface area contributed by atoms with Gasteiger partial charge in [0.1, 0.15) is 5.75 Å². The van der Waals surface area contributed by atoms with Crippen LogP contribution >= 0.6 is 0 Å². The Morgan fingerprint density at radius 3 is 2.45 bits per heavy atom. The molecule has 1 aliphatic rings. The van der Waals surface area contributed by atoms with Crippen molar-refractivity contribution in [1.82, 2.24) is 20.0 Å². The lowest BCUT2D eigenvalue weighted by atomic mass is 10.1. The van der Waals surface area contributed by atoms with E-state index in [1.54, 1.807) is 7.11 Å². The van der Waals surface area contributed by atoms with Gasteiger partial charge in [-0.15, -0.1) is 0 Å². The molecule has 0 bridgehead atoms. The summed E-state index contributed by atoms with van der Waals surface area (Å²) in [6.45, 7) is 4.80. The van der Waals surface area contributed by atoms with E-state index in [1.807, 2.05) is 43.3 Å². The molecule has 1 atom stereocenters. The van der Waals surface area contributed by atoms with Crippen molar-refractivity contribution in [1.29, 1.82) is 0 Å². The number of urea groups is 1. The number of carbonyl (C=O) groups excluding carboxylic acids is 1. The molecule has 1 N–H and O–H groups in total. The van der Waals surface area contributed by atoms with E-state index >= 15 is 0 Å². The lowest BCUT2D eigenvalue weighted by Crippen LogP contribution is -2.52. The molecule has 1 unspecified atom stereocenters. The number of ether oxygens (including phenoxy) is 1. The van der Waals surface area contributed by atoms with E-state index in [9.17, 15) is 4.79 Å². The van der Waals surface area contributed by atoms with E-state index in [2.05, 4.69) is 45.4 Å². The Labute approximate surface area is 174 Å². The number of nitrogens with zero attached hydrogens (tertiary/aromatic N) is 3. The highest BCUT2D eigenvalue weighted by atomic mass is 16.5. The molecule has 0 spiro atoms. The third-order valence-corrected chi connectivity index (χ3v) is 5.46. The van der Waals surface area contributed by atoms with Crippen molar-refractivity contribution < 1.29 is 9.53 Å². The molecular formula is C23H32N4O2. The molecule has 2 aromatic rings. The fourth-order valence-electron chi connectivity index (χ4n) is 3.69. The number of carbonyl (C=O) groups is 1. The molecule has 1 heterocycles. The lowest BCUT2D eigenvalue weighted by Gasteiger charge is -2.35. The molecule has 6 heteroatoms. The number of nitrogens with one attached hydrogen (secondary N) is 1. The van der Waals surface area contributed by atoms with Crippen molar-refractivity contribution >= 4 is 6.03 Å². The van der Waals surface area contributed by atoms with Gasteiger partial charge < -0.3 is 19.9 Å². The molecule has 2 aromatic carbocycles. The maximum atomic E-state index is 12.7. The zero-order chi connectivity index (χ0) is 20.6. The van der Waals surface area contributed by atoms with E-state index in [-0.39, 0.29) is 12.1 Å². The van der Waals surface area contributed by atoms with Crippen LogP contribution in [0.3, 0.4) is 0 Å². The molecule has 1 saturated heterocycles. The number of benzene rings is 2. The maximum Gasteiger partial charge on any atom is 0.317 e. The number of likely N-dealkylation sites (N-methyl/N-ethyl adjacent to an activating group) is 1. The van der Waals surface area contributed by atoms with Gasteiger partial charge in [-0.05, 0) is 37.4 Å². The normalized spacial score (nSPS) is 15.9. The molecule has 29 heavy (non-hydrogen) atoms. The Morgan fingerprint density at radius 1 is 1.07 bits per heavy atom. The molecular weight excluding hydrogens is 364 g/mol. The zero-order valence-electron chi connectivity index (χ0n) is 17.7. The van der Waals surface area contributed by atoms with Crippen LogP contribution in [0.25, 0.3) is 0 Å². The van der Waals surface area contributed by atoms with Gasteiger partial charge in [0, 0.05) is 39.3 Å². The topological polar surface area (TPSA) is 48.1 Å². The van der Waals surface area contributed by atoms with E-state index < -0.39 is 0 Å². The third-order valence-electron chi connectivity index (χ3n) is 5.46. The van der Waals surface area contributed by atoms with Gasteiger partial charge in [-0.25, -0.2) is 4.79 Å². The van der Waals surface area contributed by atoms with Crippen LogP contribution in [0.5, 0.6) is 5.75 Å². The van der Waals surface area contributed by atoms with E-state index in [0.717, 1.165) is 44.0 Å². The molecule has 0 aromatic heterocycles.